The summed E-state index contributed by atoms with van der Waals surface area (Å²) in [5.74, 6) is -0.631. The SMILES string of the molecule is [C-]#[N+]C(C(=O)OC(C)(C)C)c1cc(C)c(Cl)nn1. The quantitative estimate of drug-likeness (QED) is 0.611. The highest BCUT2D eigenvalue weighted by Crippen LogP contribution is 2.22. The molecular formula is C12H14ClN3O2. The molecule has 1 aromatic rings. The summed E-state index contributed by atoms with van der Waals surface area (Å²) in [5, 5.41) is 7.71. The number of carbonyl (C=O) groups excluding carboxylic acids is 1. The fraction of sp³-hybridized carbons (Fsp3) is 0.500. The Balaban J connectivity index is 3.00. The van der Waals surface area contributed by atoms with Gasteiger partial charge in [0.25, 0.3) is 0 Å². The van der Waals surface area contributed by atoms with E-state index >= 15 is 0 Å². The van der Waals surface area contributed by atoms with E-state index in [0.717, 1.165) is 0 Å². The molecule has 1 aromatic heterocycles. The van der Waals surface area contributed by atoms with Crippen LogP contribution in [0.3, 0.4) is 0 Å². The van der Waals surface area contributed by atoms with Gasteiger partial charge in [-0.1, -0.05) is 11.6 Å². The molecule has 18 heavy (non-hydrogen) atoms. The van der Waals surface area contributed by atoms with Crippen molar-refractivity contribution >= 4 is 17.6 Å². The van der Waals surface area contributed by atoms with E-state index in [1.54, 1.807) is 33.8 Å². The number of nitrogens with zero attached hydrogens (tertiary/aromatic N) is 3. The molecule has 1 unspecified atom stereocenters. The van der Waals surface area contributed by atoms with Crippen LogP contribution in [0.25, 0.3) is 4.85 Å². The smallest absolute Gasteiger partial charge is 0.397 e. The second-order valence-electron chi connectivity index (χ2n) is 4.81. The third-order valence-electron chi connectivity index (χ3n) is 1.98. The molecule has 0 amide bonds. The van der Waals surface area contributed by atoms with Gasteiger partial charge in [0.1, 0.15) is 5.60 Å². The van der Waals surface area contributed by atoms with Crippen molar-refractivity contribution in [2.75, 3.05) is 0 Å². The van der Waals surface area contributed by atoms with Crippen molar-refractivity contribution in [1.29, 1.82) is 0 Å². The van der Waals surface area contributed by atoms with Crippen LogP contribution in [-0.4, -0.2) is 21.8 Å². The second-order valence-corrected chi connectivity index (χ2v) is 5.17. The second kappa shape index (κ2) is 5.32. The van der Waals surface area contributed by atoms with Crippen LogP contribution >= 0.6 is 11.6 Å². The maximum absolute atomic E-state index is 11.8. The molecule has 0 aliphatic carbocycles. The zero-order valence-corrected chi connectivity index (χ0v) is 11.4. The zero-order chi connectivity index (χ0) is 13.9. The largest absolute Gasteiger partial charge is 0.454 e. The Morgan fingerprint density at radius 2 is 2.11 bits per heavy atom. The van der Waals surface area contributed by atoms with E-state index in [0.29, 0.717) is 5.56 Å². The molecule has 0 aliphatic heterocycles. The van der Waals surface area contributed by atoms with Crippen molar-refractivity contribution in [3.05, 3.63) is 33.9 Å². The third-order valence-corrected chi connectivity index (χ3v) is 2.36. The van der Waals surface area contributed by atoms with Crippen LogP contribution < -0.4 is 0 Å². The van der Waals surface area contributed by atoms with Crippen LogP contribution in [0.1, 0.15) is 38.1 Å². The summed E-state index contributed by atoms with van der Waals surface area (Å²) < 4.78 is 5.16. The fourth-order valence-corrected chi connectivity index (χ4v) is 1.31. The summed E-state index contributed by atoms with van der Waals surface area (Å²) in [5.41, 5.74) is 0.273. The van der Waals surface area contributed by atoms with Gasteiger partial charge in [0.2, 0.25) is 0 Å². The molecule has 0 fully saturated rings. The Labute approximate surface area is 111 Å². The average Bonchev–Trinajstić information content (AvgIpc) is 2.21. The van der Waals surface area contributed by atoms with Gasteiger partial charge in [-0.05, 0) is 39.3 Å². The van der Waals surface area contributed by atoms with Crippen molar-refractivity contribution in [2.45, 2.75) is 39.3 Å². The number of aryl methyl sites for hydroxylation is 1. The maximum atomic E-state index is 11.8. The standard InChI is InChI=1S/C12H14ClN3O2/c1-7-6-8(15-16-10(7)13)9(14-5)11(17)18-12(2,3)4/h6,9H,1-4H3. The van der Waals surface area contributed by atoms with Gasteiger partial charge in [0.05, 0.1) is 0 Å². The molecule has 0 radical (unpaired) electrons. The molecule has 96 valence electrons. The zero-order valence-electron chi connectivity index (χ0n) is 10.7. The summed E-state index contributed by atoms with van der Waals surface area (Å²) in [6.45, 7) is 14.0. The number of hydrogen-bond acceptors (Lipinski definition) is 4. The van der Waals surface area contributed by atoms with Gasteiger partial charge in [-0.2, -0.15) is 0 Å². The van der Waals surface area contributed by atoms with Crippen LogP contribution in [0, 0.1) is 13.5 Å². The van der Waals surface area contributed by atoms with Crippen LogP contribution in [0.15, 0.2) is 6.07 Å². The van der Waals surface area contributed by atoms with E-state index in [4.69, 9.17) is 22.9 Å². The summed E-state index contributed by atoms with van der Waals surface area (Å²) >= 11 is 5.75. The van der Waals surface area contributed by atoms with Crippen LogP contribution in [0.5, 0.6) is 0 Å². The molecule has 0 saturated carbocycles. The van der Waals surface area contributed by atoms with E-state index in [9.17, 15) is 4.79 Å². The van der Waals surface area contributed by atoms with Gasteiger partial charge in [-0.15, -0.1) is 10.2 Å². The topological polar surface area (TPSA) is 56.4 Å². The number of aromatic nitrogens is 2. The molecule has 1 heterocycles. The Bertz CT molecular complexity index is 503. The number of ether oxygens (including phenoxy) is 1. The van der Waals surface area contributed by atoms with Crippen molar-refractivity contribution in [3.63, 3.8) is 0 Å². The lowest BCUT2D eigenvalue weighted by molar-refractivity contribution is -0.155. The Hall–Kier alpha value is -1.67. The molecule has 0 N–H and O–H groups in total. The minimum atomic E-state index is -1.10. The third kappa shape index (κ3) is 3.67. The summed E-state index contributed by atoms with van der Waals surface area (Å²) in [6.07, 6.45) is 0. The minimum absolute atomic E-state index is 0.251. The van der Waals surface area contributed by atoms with E-state index in [-0.39, 0.29) is 10.8 Å². The molecule has 0 aliphatic rings. The first-order valence-corrected chi connectivity index (χ1v) is 5.71. The molecule has 0 saturated heterocycles. The van der Waals surface area contributed by atoms with Crippen molar-refractivity contribution in [2.24, 2.45) is 0 Å². The molecule has 5 nitrogen and oxygen atoms in total. The summed E-state index contributed by atoms with van der Waals surface area (Å²) in [7, 11) is 0. The van der Waals surface area contributed by atoms with Gasteiger partial charge in [-0.3, -0.25) is 4.85 Å². The lowest BCUT2D eigenvalue weighted by atomic mass is 10.1. The summed E-state index contributed by atoms with van der Waals surface area (Å²) in [4.78, 5) is 15.1. The van der Waals surface area contributed by atoms with Crippen molar-refractivity contribution < 1.29 is 9.53 Å². The van der Waals surface area contributed by atoms with Crippen LogP contribution in [-0.2, 0) is 9.53 Å². The first-order chi connectivity index (χ1) is 8.24. The van der Waals surface area contributed by atoms with Gasteiger partial charge in [0.15, 0.2) is 10.8 Å². The predicted molar refractivity (Wildman–Crippen MR) is 67.0 cm³/mol. The predicted octanol–water partition coefficient (Wildman–Crippen LogP) is 2.74. The molecule has 1 atom stereocenters. The normalized spacial score (nSPS) is 12.7. The van der Waals surface area contributed by atoms with E-state index in [1.165, 1.54) is 0 Å². The van der Waals surface area contributed by atoms with Crippen molar-refractivity contribution in [1.82, 2.24) is 10.2 Å². The average molecular weight is 268 g/mol. The molecule has 0 spiro atoms. The van der Waals surface area contributed by atoms with Crippen molar-refractivity contribution in [3.8, 4) is 0 Å². The first kappa shape index (κ1) is 14.4. The molecular weight excluding hydrogens is 254 g/mol. The number of esters is 1. The fourth-order valence-electron chi connectivity index (χ4n) is 1.22. The van der Waals surface area contributed by atoms with Gasteiger partial charge in [-0.25, -0.2) is 11.4 Å². The minimum Gasteiger partial charge on any atom is -0.454 e. The lowest BCUT2D eigenvalue weighted by Gasteiger charge is -2.19. The van der Waals surface area contributed by atoms with Gasteiger partial charge in [0, 0.05) is 0 Å². The molecule has 1 rings (SSSR count). The number of carbonyl (C=O) groups is 1. The molecule has 6 heteroatoms. The molecule has 0 bridgehead atoms. The Kier molecular flexibility index (Phi) is 4.25. The van der Waals surface area contributed by atoms with E-state index < -0.39 is 17.6 Å². The van der Waals surface area contributed by atoms with E-state index in [2.05, 4.69) is 15.0 Å². The highest BCUT2D eigenvalue weighted by molar-refractivity contribution is 6.30. The number of hydrogen-bond donors (Lipinski definition) is 0. The summed E-state index contributed by atoms with van der Waals surface area (Å²) in [6, 6.07) is 0.467. The lowest BCUT2D eigenvalue weighted by Crippen LogP contribution is -2.27. The maximum Gasteiger partial charge on any atom is 0.397 e. The van der Waals surface area contributed by atoms with Gasteiger partial charge < -0.3 is 4.74 Å². The van der Waals surface area contributed by atoms with E-state index in [1.807, 2.05) is 0 Å². The highest BCUT2D eigenvalue weighted by Gasteiger charge is 2.33. The highest BCUT2D eigenvalue weighted by atomic mass is 35.5. The monoisotopic (exact) mass is 267 g/mol. The molecule has 0 aromatic carbocycles. The van der Waals surface area contributed by atoms with Gasteiger partial charge >= 0.3 is 12.0 Å². The van der Waals surface area contributed by atoms with Crippen LogP contribution in [0.2, 0.25) is 5.15 Å². The Morgan fingerprint density at radius 1 is 1.50 bits per heavy atom. The number of rotatable bonds is 2. The van der Waals surface area contributed by atoms with Crippen LogP contribution in [0.4, 0.5) is 0 Å². The first-order valence-electron chi connectivity index (χ1n) is 5.34. The Morgan fingerprint density at radius 3 is 2.56 bits per heavy atom. The number of halogens is 1.